The maximum absolute atomic E-state index is 12.0. The Kier molecular flexibility index (Phi) is 3.89. The number of morpholine rings is 1. The summed E-state index contributed by atoms with van der Waals surface area (Å²) in [6, 6.07) is 0. The number of hydrogen-bond acceptors (Lipinski definition) is 3. The zero-order valence-corrected chi connectivity index (χ0v) is 9.30. The molecule has 4 heteroatoms. The summed E-state index contributed by atoms with van der Waals surface area (Å²) in [7, 11) is 0. The molecule has 4 nitrogen and oxygen atoms in total. The molecule has 0 aromatic carbocycles. The molecule has 1 fully saturated rings. The second-order valence-electron chi connectivity index (χ2n) is 4.06. The summed E-state index contributed by atoms with van der Waals surface area (Å²) in [5.74, 6) is 0.169. The van der Waals surface area contributed by atoms with Gasteiger partial charge in [-0.3, -0.25) is 4.79 Å². The summed E-state index contributed by atoms with van der Waals surface area (Å²) in [5, 5.41) is 3.19. The standard InChI is InChI=1S/C10H20N2O2/c1-4-11-10(2,3)9(13)12-5-7-14-8-6-12/h11H,4-8H2,1-3H3. The fourth-order valence-electron chi connectivity index (χ4n) is 1.68. The second kappa shape index (κ2) is 4.75. The molecule has 1 amide bonds. The average molecular weight is 200 g/mol. The third-order valence-electron chi connectivity index (χ3n) is 2.45. The molecule has 0 spiro atoms. The van der Waals surface area contributed by atoms with Crippen molar-refractivity contribution in [3.05, 3.63) is 0 Å². The van der Waals surface area contributed by atoms with Gasteiger partial charge in [-0.2, -0.15) is 0 Å². The highest BCUT2D eigenvalue weighted by atomic mass is 16.5. The van der Waals surface area contributed by atoms with E-state index in [0.717, 1.165) is 6.54 Å². The predicted octanol–water partition coefficient (Wildman–Crippen LogP) is 0.233. The Labute approximate surface area is 85.6 Å². The SMILES string of the molecule is CCNC(C)(C)C(=O)N1CCOCC1. The zero-order chi connectivity index (χ0) is 10.6. The average Bonchev–Trinajstić information content (AvgIpc) is 2.18. The summed E-state index contributed by atoms with van der Waals surface area (Å²) < 4.78 is 5.21. The third-order valence-corrected chi connectivity index (χ3v) is 2.45. The summed E-state index contributed by atoms with van der Waals surface area (Å²) >= 11 is 0. The van der Waals surface area contributed by atoms with Crippen molar-refractivity contribution < 1.29 is 9.53 Å². The molecule has 0 radical (unpaired) electrons. The molecule has 82 valence electrons. The van der Waals surface area contributed by atoms with Crippen LogP contribution in [0.25, 0.3) is 0 Å². The molecule has 1 rings (SSSR count). The monoisotopic (exact) mass is 200 g/mol. The molecule has 1 saturated heterocycles. The van der Waals surface area contributed by atoms with Gasteiger partial charge < -0.3 is 15.0 Å². The van der Waals surface area contributed by atoms with Crippen molar-refractivity contribution in [1.82, 2.24) is 10.2 Å². The molecule has 14 heavy (non-hydrogen) atoms. The van der Waals surface area contributed by atoms with Crippen molar-refractivity contribution in [1.29, 1.82) is 0 Å². The van der Waals surface area contributed by atoms with Crippen LogP contribution in [-0.2, 0) is 9.53 Å². The Morgan fingerprint density at radius 1 is 1.43 bits per heavy atom. The number of likely N-dealkylation sites (N-methyl/N-ethyl adjacent to an activating group) is 1. The lowest BCUT2D eigenvalue weighted by molar-refractivity contribution is -0.141. The second-order valence-corrected chi connectivity index (χ2v) is 4.06. The van der Waals surface area contributed by atoms with Crippen molar-refractivity contribution in [3.8, 4) is 0 Å². The minimum Gasteiger partial charge on any atom is -0.378 e. The van der Waals surface area contributed by atoms with Crippen LogP contribution in [-0.4, -0.2) is 49.2 Å². The highest BCUT2D eigenvalue weighted by Gasteiger charge is 2.31. The molecule has 0 aliphatic carbocycles. The summed E-state index contributed by atoms with van der Waals surface area (Å²) in [6.45, 7) is 9.42. The van der Waals surface area contributed by atoms with Crippen LogP contribution >= 0.6 is 0 Å². The summed E-state index contributed by atoms with van der Waals surface area (Å²) in [5.41, 5.74) is -0.452. The fourth-order valence-corrected chi connectivity index (χ4v) is 1.68. The highest BCUT2D eigenvalue weighted by Crippen LogP contribution is 2.09. The molecule has 1 heterocycles. The largest absolute Gasteiger partial charge is 0.378 e. The smallest absolute Gasteiger partial charge is 0.242 e. The van der Waals surface area contributed by atoms with E-state index >= 15 is 0 Å². The van der Waals surface area contributed by atoms with E-state index < -0.39 is 5.54 Å². The lowest BCUT2D eigenvalue weighted by Crippen LogP contribution is -2.56. The molecule has 1 aliphatic heterocycles. The first-order valence-corrected chi connectivity index (χ1v) is 5.20. The first-order chi connectivity index (χ1) is 6.58. The number of amides is 1. The molecule has 0 saturated carbocycles. The number of ether oxygens (including phenoxy) is 1. The lowest BCUT2D eigenvalue weighted by atomic mass is 10.0. The van der Waals surface area contributed by atoms with Crippen molar-refractivity contribution in [2.24, 2.45) is 0 Å². The number of nitrogens with one attached hydrogen (secondary N) is 1. The highest BCUT2D eigenvalue weighted by molar-refractivity contribution is 5.85. The number of nitrogens with zero attached hydrogens (tertiary/aromatic N) is 1. The molecule has 0 aromatic rings. The quantitative estimate of drug-likeness (QED) is 0.709. The summed E-state index contributed by atoms with van der Waals surface area (Å²) in [4.78, 5) is 13.9. The predicted molar refractivity (Wildman–Crippen MR) is 55.2 cm³/mol. The topological polar surface area (TPSA) is 41.6 Å². The Bertz CT molecular complexity index is 198. The number of hydrogen-bond donors (Lipinski definition) is 1. The number of rotatable bonds is 3. The molecule has 0 unspecified atom stereocenters. The van der Waals surface area contributed by atoms with E-state index in [4.69, 9.17) is 4.74 Å². The van der Waals surface area contributed by atoms with Gasteiger partial charge in [-0.1, -0.05) is 6.92 Å². The summed E-state index contributed by atoms with van der Waals surface area (Å²) in [6.07, 6.45) is 0. The van der Waals surface area contributed by atoms with Crippen LogP contribution < -0.4 is 5.32 Å². The van der Waals surface area contributed by atoms with Gasteiger partial charge in [0.05, 0.1) is 18.8 Å². The Hall–Kier alpha value is -0.610. The van der Waals surface area contributed by atoms with Crippen molar-refractivity contribution >= 4 is 5.91 Å². The minimum absolute atomic E-state index is 0.169. The van der Waals surface area contributed by atoms with Crippen LogP contribution in [0, 0.1) is 0 Å². The van der Waals surface area contributed by atoms with Crippen LogP contribution in [0.4, 0.5) is 0 Å². The molecule has 0 atom stereocenters. The number of carbonyl (C=O) groups is 1. The van der Waals surface area contributed by atoms with Gasteiger partial charge in [-0.25, -0.2) is 0 Å². The van der Waals surface area contributed by atoms with E-state index in [1.165, 1.54) is 0 Å². The van der Waals surface area contributed by atoms with Gasteiger partial charge >= 0.3 is 0 Å². The van der Waals surface area contributed by atoms with Gasteiger partial charge in [0.1, 0.15) is 0 Å². The zero-order valence-electron chi connectivity index (χ0n) is 9.30. The fraction of sp³-hybridized carbons (Fsp3) is 0.900. The van der Waals surface area contributed by atoms with Gasteiger partial charge in [0, 0.05) is 13.1 Å². The van der Waals surface area contributed by atoms with Crippen LogP contribution in [0.1, 0.15) is 20.8 Å². The van der Waals surface area contributed by atoms with Crippen molar-refractivity contribution in [2.45, 2.75) is 26.3 Å². The van der Waals surface area contributed by atoms with Crippen LogP contribution in [0.3, 0.4) is 0 Å². The van der Waals surface area contributed by atoms with E-state index in [1.807, 2.05) is 25.7 Å². The Morgan fingerprint density at radius 3 is 2.50 bits per heavy atom. The number of carbonyl (C=O) groups excluding carboxylic acids is 1. The molecular formula is C10H20N2O2. The van der Waals surface area contributed by atoms with Gasteiger partial charge in [0.25, 0.3) is 0 Å². The van der Waals surface area contributed by atoms with Gasteiger partial charge in [0.2, 0.25) is 5.91 Å². The normalized spacial score (nSPS) is 18.4. The van der Waals surface area contributed by atoms with E-state index in [2.05, 4.69) is 5.32 Å². The maximum Gasteiger partial charge on any atom is 0.242 e. The first-order valence-electron chi connectivity index (χ1n) is 5.20. The van der Waals surface area contributed by atoms with E-state index in [-0.39, 0.29) is 5.91 Å². The molecule has 1 aliphatic rings. The molecule has 0 bridgehead atoms. The Balaban J connectivity index is 2.53. The van der Waals surface area contributed by atoms with Gasteiger partial charge in [0.15, 0.2) is 0 Å². The van der Waals surface area contributed by atoms with E-state index in [1.54, 1.807) is 0 Å². The van der Waals surface area contributed by atoms with Gasteiger partial charge in [-0.15, -0.1) is 0 Å². The third kappa shape index (κ3) is 2.69. The maximum atomic E-state index is 12.0. The first kappa shape index (κ1) is 11.5. The molecule has 0 aromatic heterocycles. The van der Waals surface area contributed by atoms with Crippen molar-refractivity contribution in [2.75, 3.05) is 32.8 Å². The molecule has 1 N–H and O–H groups in total. The van der Waals surface area contributed by atoms with E-state index in [9.17, 15) is 4.79 Å². The molecular weight excluding hydrogens is 180 g/mol. The van der Waals surface area contributed by atoms with Crippen molar-refractivity contribution in [3.63, 3.8) is 0 Å². The van der Waals surface area contributed by atoms with Crippen LogP contribution in [0.5, 0.6) is 0 Å². The van der Waals surface area contributed by atoms with E-state index in [0.29, 0.717) is 26.3 Å². The Morgan fingerprint density at radius 2 is 2.00 bits per heavy atom. The lowest BCUT2D eigenvalue weighted by Gasteiger charge is -2.34. The van der Waals surface area contributed by atoms with Crippen LogP contribution in [0.2, 0.25) is 0 Å². The van der Waals surface area contributed by atoms with Crippen LogP contribution in [0.15, 0.2) is 0 Å². The van der Waals surface area contributed by atoms with Gasteiger partial charge in [-0.05, 0) is 20.4 Å². The minimum atomic E-state index is -0.452.